The van der Waals surface area contributed by atoms with Crippen molar-refractivity contribution in [3.05, 3.63) is 35.9 Å². The molecule has 102 valence electrons. The number of methoxy groups -OCH3 is 1. The first kappa shape index (κ1) is 13.6. The molecule has 1 aromatic rings. The fourth-order valence-electron chi connectivity index (χ4n) is 2.05. The standard InChI is InChI=1S/C15H20N2O2/c1-19-14-6-3-13(4-7-14)5-8-15(18)17-11-2-9-16-10-12-17/h3-8,16H,2,9-12H2,1H3/b8-5+. The third-order valence-electron chi connectivity index (χ3n) is 3.19. The van der Waals surface area contributed by atoms with E-state index in [-0.39, 0.29) is 5.91 Å². The Bertz CT molecular complexity index is 432. The molecule has 1 aliphatic rings. The van der Waals surface area contributed by atoms with Crippen LogP contribution < -0.4 is 10.1 Å². The monoisotopic (exact) mass is 260 g/mol. The SMILES string of the molecule is COc1ccc(/C=C/C(=O)N2CCCNCC2)cc1. The first-order valence-electron chi connectivity index (χ1n) is 6.61. The molecule has 2 rings (SSSR count). The van der Waals surface area contributed by atoms with E-state index in [0.29, 0.717) is 0 Å². The molecular weight excluding hydrogens is 240 g/mol. The van der Waals surface area contributed by atoms with Crippen molar-refractivity contribution in [1.29, 1.82) is 0 Å². The van der Waals surface area contributed by atoms with E-state index in [4.69, 9.17) is 4.74 Å². The topological polar surface area (TPSA) is 41.6 Å². The zero-order valence-electron chi connectivity index (χ0n) is 11.3. The highest BCUT2D eigenvalue weighted by Gasteiger charge is 2.12. The molecule has 0 unspecified atom stereocenters. The summed E-state index contributed by atoms with van der Waals surface area (Å²) in [4.78, 5) is 13.9. The lowest BCUT2D eigenvalue weighted by molar-refractivity contribution is -0.125. The average molecular weight is 260 g/mol. The number of hydrogen-bond donors (Lipinski definition) is 1. The minimum Gasteiger partial charge on any atom is -0.497 e. The van der Waals surface area contributed by atoms with E-state index < -0.39 is 0 Å². The number of rotatable bonds is 3. The third kappa shape index (κ3) is 4.10. The van der Waals surface area contributed by atoms with Crippen molar-refractivity contribution >= 4 is 12.0 Å². The zero-order valence-corrected chi connectivity index (χ0v) is 11.3. The fourth-order valence-corrected chi connectivity index (χ4v) is 2.05. The Kier molecular flexibility index (Phi) is 4.98. The smallest absolute Gasteiger partial charge is 0.246 e. The second kappa shape index (κ2) is 6.95. The van der Waals surface area contributed by atoms with E-state index in [1.165, 1.54) is 0 Å². The van der Waals surface area contributed by atoms with Gasteiger partial charge in [-0.15, -0.1) is 0 Å². The molecule has 1 fully saturated rings. The van der Waals surface area contributed by atoms with Gasteiger partial charge in [0.25, 0.3) is 0 Å². The lowest BCUT2D eigenvalue weighted by atomic mass is 10.2. The van der Waals surface area contributed by atoms with Crippen LogP contribution in [-0.4, -0.2) is 44.1 Å². The summed E-state index contributed by atoms with van der Waals surface area (Å²) in [7, 11) is 1.64. The first-order chi connectivity index (χ1) is 9.29. The van der Waals surface area contributed by atoms with Gasteiger partial charge in [0.15, 0.2) is 0 Å². The van der Waals surface area contributed by atoms with E-state index in [0.717, 1.165) is 43.9 Å². The summed E-state index contributed by atoms with van der Waals surface area (Å²) in [5.74, 6) is 0.904. The molecule has 0 aliphatic carbocycles. The van der Waals surface area contributed by atoms with Gasteiger partial charge in [-0.2, -0.15) is 0 Å². The Hall–Kier alpha value is -1.81. The predicted octanol–water partition coefficient (Wildman–Crippen LogP) is 1.53. The number of hydrogen-bond acceptors (Lipinski definition) is 3. The number of ether oxygens (including phenoxy) is 1. The van der Waals surface area contributed by atoms with E-state index >= 15 is 0 Å². The van der Waals surface area contributed by atoms with Gasteiger partial charge in [0.1, 0.15) is 5.75 Å². The van der Waals surface area contributed by atoms with Crippen molar-refractivity contribution in [3.8, 4) is 5.75 Å². The number of nitrogens with zero attached hydrogens (tertiary/aromatic N) is 1. The lowest BCUT2D eigenvalue weighted by Gasteiger charge is -2.17. The van der Waals surface area contributed by atoms with Crippen molar-refractivity contribution < 1.29 is 9.53 Å². The van der Waals surface area contributed by atoms with Crippen LogP contribution in [0.15, 0.2) is 30.3 Å². The lowest BCUT2D eigenvalue weighted by Crippen LogP contribution is -2.32. The predicted molar refractivity (Wildman–Crippen MR) is 76.1 cm³/mol. The molecular formula is C15H20N2O2. The summed E-state index contributed by atoms with van der Waals surface area (Å²) in [6.45, 7) is 3.48. The average Bonchev–Trinajstić information content (AvgIpc) is 2.74. The van der Waals surface area contributed by atoms with Gasteiger partial charge in [-0.3, -0.25) is 4.79 Å². The van der Waals surface area contributed by atoms with Crippen LogP contribution in [0.3, 0.4) is 0 Å². The Morgan fingerprint density at radius 2 is 2.05 bits per heavy atom. The number of carbonyl (C=O) groups excluding carboxylic acids is 1. The molecule has 0 aromatic heterocycles. The normalized spacial score (nSPS) is 16.4. The highest BCUT2D eigenvalue weighted by Crippen LogP contribution is 2.12. The van der Waals surface area contributed by atoms with E-state index in [1.54, 1.807) is 13.2 Å². The van der Waals surface area contributed by atoms with Crippen LogP contribution in [-0.2, 0) is 4.79 Å². The first-order valence-corrected chi connectivity index (χ1v) is 6.61. The van der Waals surface area contributed by atoms with Gasteiger partial charge < -0.3 is 15.0 Å². The molecule has 0 bridgehead atoms. The Morgan fingerprint density at radius 3 is 2.79 bits per heavy atom. The summed E-state index contributed by atoms with van der Waals surface area (Å²) in [6, 6.07) is 7.65. The Morgan fingerprint density at radius 1 is 1.26 bits per heavy atom. The van der Waals surface area contributed by atoms with Crippen LogP contribution in [0.4, 0.5) is 0 Å². The third-order valence-corrected chi connectivity index (χ3v) is 3.19. The van der Waals surface area contributed by atoms with Gasteiger partial charge >= 0.3 is 0 Å². The highest BCUT2D eigenvalue weighted by molar-refractivity contribution is 5.91. The molecule has 1 N–H and O–H groups in total. The van der Waals surface area contributed by atoms with Crippen LogP contribution >= 0.6 is 0 Å². The molecule has 0 saturated carbocycles. The second-order valence-electron chi connectivity index (χ2n) is 4.54. The van der Waals surface area contributed by atoms with Gasteiger partial charge in [-0.1, -0.05) is 12.1 Å². The van der Waals surface area contributed by atoms with E-state index in [9.17, 15) is 4.79 Å². The Labute approximate surface area is 114 Å². The van der Waals surface area contributed by atoms with Gasteiger partial charge in [0, 0.05) is 25.7 Å². The van der Waals surface area contributed by atoms with Crippen molar-refractivity contribution in [2.24, 2.45) is 0 Å². The van der Waals surface area contributed by atoms with Crippen molar-refractivity contribution in [2.45, 2.75) is 6.42 Å². The van der Waals surface area contributed by atoms with Crippen molar-refractivity contribution in [3.63, 3.8) is 0 Å². The number of benzene rings is 1. The molecule has 4 nitrogen and oxygen atoms in total. The number of nitrogens with one attached hydrogen (secondary N) is 1. The molecule has 1 heterocycles. The van der Waals surface area contributed by atoms with E-state index in [2.05, 4.69) is 5.32 Å². The second-order valence-corrected chi connectivity index (χ2v) is 4.54. The minimum atomic E-state index is 0.0829. The van der Waals surface area contributed by atoms with Gasteiger partial charge in [-0.05, 0) is 36.7 Å². The Balaban J connectivity index is 1.94. The maximum Gasteiger partial charge on any atom is 0.246 e. The molecule has 1 aliphatic heterocycles. The fraction of sp³-hybridized carbons (Fsp3) is 0.400. The molecule has 0 radical (unpaired) electrons. The van der Waals surface area contributed by atoms with Gasteiger partial charge in [0.05, 0.1) is 7.11 Å². The summed E-state index contributed by atoms with van der Waals surface area (Å²) >= 11 is 0. The maximum atomic E-state index is 12.0. The maximum absolute atomic E-state index is 12.0. The summed E-state index contributed by atoms with van der Waals surface area (Å²) in [6.07, 6.45) is 4.51. The van der Waals surface area contributed by atoms with Gasteiger partial charge in [-0.25, -0.2) is 0 Å². The molecule has 1 amide bonds. The molecule has 0 spiro atoms. The van der Waals surface area contributed by atoms with Crippen LogP contribution in [0.1, 0.15) is 12.0 Å². The summed E-state index contributed by atoms with van der Waals surface area (Å²) in [5, 5.41) is 3.29. The van der Waals surface area contributed by atoms with Crippen LogP contribution in [0.25, 0.3) is 6.08 Å². The summed E-state index contributed by atoms with van der Waals surface area (Å²) in [5.41, 5.74) is 1.00. The zero-order chi connectivity index (χ0) is 13.5. The van der Waals surface area contributed by atoms with Crippen LogP contribution in [0.2, 0.25) is 0 Å². The highest BCUT2D eigenvalue weighted by atomic mass is 16.5. The summed E-state index contributed by atoms with van der Waals surface area (Å²) < 4.78 is 5.10. The van der Waals surface area contributed by atoms with Crippen LogP contribution in [0.5, 0.6) is 5.75 Å². The number of carbonyl (C=O) groups is 1. The van der Waals surface area contributed by atoms with Gasteiger partial charge in [0.2, 0.25) is 5.91 Å². The van der Waals surface area contributed by atoms with Crippen molar-refractivity contribution in [2.75, 3.05) is 33.3 Å². The van der Waals surface area contributed by atoms with E-state index in [1.807, 2.05) is 35.2 Å². The molecule has 4 heteroatoms. The minimum absolute atomic E-state index is 0.0829. The quantitative estimate of drug-likeness (QED) is 0.838. The number of amides is 1. The largest absolute Gasteiger partial charge is 0.497 e. The van der Waals surface area contributed by atoms with Crippen molar-refractivity contribution in [1.82, 2.24) is 10.2 Å². The molecule has 1 aromatic carbocycles. The molecule has 19 heavy (non-hydrogen) atoms. The molecule has 0 atom stereocenters. The van der Waals surface area contributed by atoms with Crippen LogP contribution in [0, 0.1) is 0 Å². The molecule has 1 saturated heterocycles.